The summed E-state index contributed by atoms with van der Waals surface area (Å²) in [7, 11) is 6.86. The van der Waals surface area contributed by atoms with Gasteiger partial charge in [0.2, 0.25) is 0 Å². The van der Waals surface area contributed by atoms with Crippen LogP contribution in [0.3, 0.4) is 0 Å². The third-order valence-electron chi connectivity index (χ3n) is 5.92. The van der Waals surface area contributed by atoms with Crippen molar-refractivity contribution in [3.8, 4) is 11.1 Å². The molecule has 0 fully saturated rings. The van der Waals surface area contributed by atoms with Crippen molar-refractivity contribution in [2.24, 2.45) is 0 Å². The zero-order valence-electron chi connectivity index (χ0n) is 23.8. The van der Waals surface area contributed by atoms with Crippen LogP contribution in [0.5, 0.6) is 0 Å². The number of esters is 2. The number of benzene rings is 2. The van der Waals surface area contributed by atoms with Gasteiger partial charge in [0.25, 0.3) is 0 Å². The maximum atomic E-state index is 14.3. The fraction of sp³-hybridized carbons (Fsp3) is 0.433. The number of rotatable bonds is 13. The highest BCUT2D eigenvalue weighted by molar-refractivity contribution is 5.78. The average molecular weight is 543 g/mol. The van der Waals surface area contributed by atoms with Crippen LogP contribution in [-0.2, 0) is 23.9 Å². The zero-order chi connectivity index (χ0) is 29.3. The fourth-order valence-electron chi connectivity index (χ4n) is 4.20. The van der Waals surface area contributed by atoms with E-state index in [0.717, 1.165) is 22.3 Å². The molecule has 2 rings (SSSR count). The lowest BCUT2D eigenvalue weighted by molar-refractivity contribution is -0.156. The normalized spacial score (nSPS) is 13.1. The van der Waals surface area contributed by atoms with E-state index in [1.54, 1.807) is 70.0 Å². The van der Waals surface area contributed by atoms with E-state index in [1.807, 2.05) is 31.2 Å². The number of nitrogens with zero attached hydrogens (tertiary/aromatic N) is 2. The predicted molar refractivity (Wildman–Crippen MR) is 149 cm³/mol. The number of halogens is 1. The zero-order valence-corrected chi connectivity index (χ0v) is 23.8. The molecule has 0 aliphatic carbocycles. The monoisotopic (exact) mass is 542 g/mol. The molecule has 39 heavy (non-hydrogen) atoms. The number of aryl methyl sites for hydroxylation is 3. The summed E-state index contributed by atoms with van der Waals surface area (Å²) >= 11 is 0. The number of carbonyl (C=O) groups is 3. The Labute approximate surface area is 230 Å². The average Bonchev–Trinajstić information content (AvgIpc) is 2.79. The van der Waals surface area contributed by atoms with Crippen molar-refractivity contribution in [3.05, 3.63) is 64.5 Å². The third-order valence-corrected chi connectivity index (χ3v) is 5.92. The Hall–Kier alpha value is -3.56. The van der Waals surface area contributed by atoms with Crippen molar-refractivity contribution < 1.29 is 33.4 Å². The van der Waals surface area contributed by atoms with E-state index >= 15 is 0 Å². The molecule has 0 heterocycles. The van der Waals surface area contributed by atoms with E-state index < -0.39 is 36.5 Å². The van der Waals surface area contributed by atoms with Gasteiger partial charge in [0.15, 0.2) is 0 Å². The van der Waals surface area contributed by atoms with Crippen LogP contribution >= 0.6 is 0 Å². The van der Waals surface area contributed by atoms with Crippen molar-refractivity contribution in [1.29, 1.82) is 0 Å². The maximum absolute atomic E-state index is 14.3. The van der Waals surface area contributed by atoms with Crippen LogP contribution in [0.4, 0.5) is 4.39 Å². The predicted octanol–water partition coefficient (Wildman–Crippen LogP) is 4.24. The van der Waals surface area contributed by atoms with Crippen LogP contribution in [-0.4, -0.2) is 86.3 Å². The Morgan fingerprint density at radius 3 is 2.03 bits per heavy atom. The van der Waals surface area contributed by atoms with Crippen LogP contribution in [0.25, 0.3) is 17.2 Å². The van der Waals surface area contributed by atoms with Gasteiger partial charge in [0, 0.05) is 6.42 Å². The molecule has 2 atom stereocenters. The summed E-state index contributed by atoms with van der Waals surface area (Å²) in [6, 6.07) is 9.36. The van der Waals surface area contributed by atoms with E-state index in [1.165, 1.54) is 0 Å². The first kappa shape index (κ1) is 31.7. The number of carboxylic acid groups (broad SMARTS) is 1. The standard InChI is InChI=1S/C30H39FN2O6/c1-19-9-8-10-26(22-13-20(2)30(31)21(3)14-22)25(19)12-11-23(38-28(36)17-32(4)5)15-24(16-27(34)35)39-29(37)18-33(6)7/h8-14,23-24H,15-18H2,1-7H3,(H,34,35)/t23-,24-/m1/s1. The number of likely N-dealkylation sites (N-methyl/N-ethyl adjacent to an activating group) is 2. The molecule has 2 aromatic carbocycles. The van der Waals surface area contributed by atoms with Gasteiger partial charge < -0.3 is 14.6 Å². The number of hydrogen-bond acceptors (Lipinski definition) is 7. The molecular formula is C30H39FN2O6. The molecule has 0 saturated carbocycles. The van der Waals surface area contributed by atoms with Crippen molar-refractivity contribution in [2.75, 3.05) is 41.3 Å². The Kier molecular flexibility index (Phi) is 11.8. The number of hydrogen-bond donors (Lipinski definition) is 1. The van der Waals surface area contributed by atoms with Gasteiger partial charge in [-0.25, -0.2) is 4.39 Å². The second-order valence-corrected chi connectivity index (χ2v) is 10.3. The number of carbonyl (C=O) groups excluding carboxylic acids is 2. The lowest BCUT2D eigenvalue weighted by atomic mass is 9.93. The molecule has 0 amide bonds. The largest absolute Gasteiger partial charge is 0.481 e. The van der Waals surface area contributed by atoms with Gasteiger partial charge in [-0.3, -0.25) is 24.2 Å². The van der Waals surface area contributed by atoms with Crippen molar-refractivity contribution in [2.45, 2.75) is 45.8 Å². The van der Waals surface area contributed by atoms with Gasteiger partial charge >= 0.3 is 17.9 Å². The van der Waals surface area contributed by atoms with Crippen molar-refractivity contribution >= 4 is 24.0 Å². The summed E-state index contributed by atoms with van der Waals surface area (Å²) in [6.45, 7) is 5.39. The molecule has 0 aromatic heterocycles. The SMILES string of the molecule is Cc1cc(-c2cccc(C)c2C=C[C@H](C[C@H](CC(=O)O)OC(=O)CN(C)C)OC(=O)CN(C)C)cc(C)c1F. The Bertz CT molecular complexity index is 1180. The van der Waals surface area contributed by atoms with Crippen molar-refractivity contribution in [1.82, 2.24) is 9.80 Å². The number of ether oxygens (including phenoxy) is 2. The lowest BCUT2D eigenvalue weighted by Gasteiger charge is -2.23. The highest BCUT2D eigenvalue weighted by Crippen LogP contribution is 2.30. The first-order valence-corrected chi connectivity index (χ1v) is 12.7. The van der Waals surface area contributed by atoms with E-state index in [0.29, 0.717) is 11.1 Å². The van der Waals surface area contributed by atoms with Gasteiger partial charge in [-0.05, 0) is 101 Å². The molecule has 9 heteroatoms. The second kappa shape index (κ2) is 14.6. The minimum Gasteiger partial charge on any atom is -0.481 e. The molecule has 2 aromatic rings. The minimum atomic E-state index is -1.14. The Balaban J connectivity index is 2.45. The summed E-state index contributed by atoms with van der Waals surface area (Å²) in [6.07, 6.45) is 1.16. The Morgan fingerprint density at radius 1 is 0.923 bits per heavy atom. The molecular weight excluding hydrogens is 503 g/mol. The second-order valence-electron chi connectivity index (χ2n) is 10.3. The first-order valence-electron chi connectivity index (χ1n) is 12.7. The molecule has 0 unspecified atom stereocenters. The lowest BCUT2D eigenvalue weighted by Crippen LogP contribution is -2.33. The third kappa shape index (κ3) is 10.3. The van der Waals surface area contributed by atoms with Gasteiger partial charge in [0.05, 0.1) is 19.5 Å². The smallest absolute Gasteiger partial charge is 0.320 e. The highest BCUT2D eigenvalue weighted by Gasteiger charge is 2.25. The van der Waals surface area contributed by atoms with E-state index in [2.05, 4.69) is 0 Å². The van der Waals surface area contributed by atoms with Gasteiger partial charge in [-0.2, -0.15) is 0 Å². The van der Waals surface area contributed by atoms with E-state index in [4.69, 9.17) is 9.47 Å². The molecule has 8 nitrogen and oxygen atoms in total. The van der Waals surface area contributed by atoms with Gasteiger partial charge in [-0.15, -0.1) is 0 Å². The van der Waals surface area contributed by atoms with Crippen LogP contribution in [0.1, 0.15) is 35.1 Å². The van der Waals surface area contributed by atoms with Crippen LogP contribution in [0, 0.1) is 26.6 Å². The Morgan fingerprint density at radius 2 is 1.49 bits per heavy atom. The topological polar surface area (TPSA) is 96.4 Å². The maximum Gasteiger partial charge on any atom is 0.320 e. The molecule has 1 N–H and O–H groups in total. The summed E-state index contributed by atoms with van der Waals surface area (Å²) in [5.74, 6) is -2.46. The van der Waals surface area contributed by atoms with Gasteiger partial charge in [0.1, 0.15) is 18.0 Å². The van der Waals surface area contributed by atoms with E-state index in [-0.39, 0.29) is 25.3 Å². The molecule has 0 aliphatic heterocycles. The first-order chi connectivity index (χ1) is 18.3. The molecule has 0 spiro atoms. The minimum absolute atomic E-state index is 0.0138. The molecule has 0 saturated heterocycles. The molecule has 212 valence electrons. The van der Waals surface area contributed by atoms with Crippen LogP contribution in [0.15, 0.2) is 36.4 Å². The molecule has 0 radical (unpaired) electrons. The number of aliphatic carboxylic acids is 1. The summed E-state index contributed by atoms with van der Waals surface area (Å²) in [5, 5.41) is 9.40. The highest BCUT2D eigenvalue weighted by atomic mass is 19.1. The summed E-state index contributed by atoms with van der Waals surface area (Å²) in [4.78, 5) is 39.6. The number of carboxylic acids is 1. The summed E-state index contributed by atoms with van der Waals surface area (Å²) in [5.41, 5.74) is 4.57. The summed E-state index contributed by atoms with van der Waals surface area (Å²) < 4.78 is 25.4. The van der Waals surface area contributed by atoms with Crippen molar-refractivity contribution in [3.63, 3.8) is 0 Å². The fourth-order valence-corrected chi connectivity index (χ4v) is 4.20. The molecule has 0 aliphatic rings. The van der Waals surface area contributed by atoms with Gasteiger partial charge in [-0.1, -0.05) is 24.3 Å². The van der Waals surface area contributed by atoms with Crippen LogP contribution in [0.2, 0.25) is 0 Å². The van der Waals surface area contributed by atoms with Crippen LogP contribution < -0.4 is 0 Å². The van der Waals surface area contributed by atoms with E-state index in [9.17, 15) is 23.9 Å². The molecule has 0 bridgehead atoms. The quantitative estimate of drug-likeness (QED) is 0.376.